The third-order valence-corrected chi connectivity index (χ3v) is 3.47. The van der Waals surface area contributed by atoms with Gasteiger partial charge in [-0.2, -0.15) is 0 Å². The lowest BCUT2D eigenvalue weighted by Crippen LogP contribution is -2.24. The second-order valence-corrected chi connectivity index (χ2v) is 4.90. The van der Waals surface area contributed by atoms with Gasteiger partial charge < -0.3 is 10.5 Å². The predicted molar refractivity (Wildman–Crippen MR) is 72.5 cm³/mol. The number of benzene rings is 2. The van der Waals surface area contributed by atoms with E-state index < -0.39 is 0 Å². The van der Waals surface area contributed by atoms with Crippen LogP contribution in [0.1, 0.15) is 35.3 Å². The summed E-state index contributed by atoms with van der Waals surface area (Å²) < 4.78 is 6.06. The van der Waals surface area contributed by atoms with Gasteiger partial charge in [-0.05, 0) is 18.6 Å². The molecule has 2 N–H and O–H groups in total. The van der Waals surface area contributed by atoms with Crippen LogP contribution in [0.4, 0.5) is 0 Å². The monoisotopic (exact) mass is 239 g/mol. The smallest absolute Gasteiger partial charge is 0.126 e. The van der Waals surface area contributed by atoms with Gasteiger partial charge in [0.1, 0.15) is 11.9 Å². The molecule has 0 amide bonds. The first-order chi connectivity index (χ1) is 8.74. The number of rotatable bonds is 1. The molecule has 0 saturated heterocycles. The SMILES string of the molecule is Cc1cccc(C2CC(N)c3ccccc3O2)c1. The maximum Gasteiger partial charge on any atom is 0.126 e. The Labute approximate surface area is 107 Å². The molecule has 0 bridgehead atoms. The number of nitrogens with two attached hydrogens (primary N) is 1. The third kappa shape index (κ3) is 2.00. The maximum absolute atomic E-state index is 6.23. The van der Waals surface area contributed by atoms with E-state index in [1.54, 1.807) is 0 Å². The van der Waals surface area contributed by atoms with Gasteiger partial charge in [-0.3, -0.25) is 0 Å². The minimum absolute atomic E-state index is 0.0560. The Morgan fingerprint density at radius 2 is 1.94 bits per heavy atom. The fourth-order valence-electron chi connectivity index (χ4n) is 2.53. The van der Waals surface area contributed by atoms with Crippen molar-refractivity contribution >= 4 is 0 Å². The summed E-state index contributed by atoms with van der Waals surface area (Å²) >= 11 is 0. The third-order valence-electron chi connectivity index (χ3n) is 3.47. The number of hydrogen-bond acceptors (Lipinski definition) is 2. The molecule has 0 radical (unpaired) electrons. The second kappa shape index (κ2) is 4.46. The zero-order valence-corrected chi connectivity index (χ0v) is 10.5. The molecule has 92 valence electrons. The molecule has 0 spiro atoms. The molecule has 0 aromatic heterocycles. The van der Waals surface area contributed by atoms with E-state index in [4.69, 9.17) is 10.5 Å². The zero-order chi connectivity index (χ0) is 12.5. The largest absolute Gasteiger partial charge is 0.485 e. The fourth-order valence-corrected chi connectivity index (χ4v) is 2.53. The van der Waals surface area contributed by atoms with Gasteiger partial charge in [-0.25, -0.2) is 0 Å². The maximum atomic E-state index is 6.23. The molecule has 0 fully saturated rings. The quantitative estimate of drug-likeness (QED) is 0.826. The summed E-state index contributed by atoms with van der Waals surface area (Å²) in [5, 5.41) is 0. The Balaban J connectivity index is 1.94. The molecule has 3 rings (SSSR count). The van der Waals surface area contributed by atoms with Gasteiger partial charge in [0.2, 0.25) is 0 Å². The Morgan fingerprint density at radius 3 is 2.78 bits per heavy atom. The average molecular weight is 239 g/mol. The summed E-state index contributed by atoms with van der Waals surface area (Å²) in [4.78, 5) is 0. The first-order valence-corrected chi connectivity index (χ1v) is 6.32. The van der Waals surface area contributed by atoms with E-state index in [2.05, 4.69) is 31.2 Å². The number of hydrogen-bond donors (Lipinski definition) is 1. The zero-order valence-electron chi connectivity index (χ0n) is 10.5. The van der Waals surface area contributed by atoms with Crippen LogP contribution in [0.25, 0.3) is 0 Å². The van der Waals surface area contributed by atoms with E-state index in [0.717, 1.165) is 17.7 Å². The van der Waals surface area contributed by atoms with Crippen molar-refractivity contribution in [3.05, 3.63) is 65.2 Å². The van der Waals surface area contributed by atoms with Crippen LogP contribution in [0.2, 0.25) is 0 Å². The molecule has 18 heavy (non-hydrogen) atoms. The highest BCUT2D eigenvalue weighted by Gasteiger charge is 2.26. The lowest BCUT2D eigenvalue weighted by atomic mass is 9.93. The average Bonchev–Trinajstić information content (AvgIpc) is 2.39. The van der Waals surface area contributed by atoms with Crippen LogP contribution < -0.4 is 10.5 Å². The topological polar surface area (TPSA) is 35.2 Å². The number of aryl methyl sites for hydroxylation is 1. The molecule has 2 atom stereocenters. The van der Waals surface area contributed by atoms with Crippen LogP contribution in [0.5, 0.6) is 5.75 Å². The lowest BCUT2D eigenvalue weighted by Gasteiger charge is -2.30. The second-order valence-electron chi connectivity index (χ2n) is 4.90. The molecule has 1 heterocycles. The van der Waals surface area contributed by atoms with Crippen molar-refractivity contribution in [2.45, 2.75) is 25.5 Å². The summed E-state index contributed by atoms with van der Waals surface area (Å²) in [6.45, 7) is 2.10. The number of para-hydroxylation sites is 1. The molecule has 2 heteroatoms. The fraction of sp³-hybridized carbons (Fsp3) is 0.250. The highest BCUT2D eigenvalue weighted by Crippen LogP contribution is 2.39. The first kappa shape index (κ1) is 11.3. The van der Waals surface area contributed by atoms with Gasteiger partial charge >= 0.3 is 0 Å². The molecule has 2 unspecified atom stereocenters. The molecule has 1 aliphatic rings. The first-order valence-electron chi connectivity index (χ1n) is 6.32. The molecule has 2 aromatic carbocycles. The Bertz CT molecular complexity index is 565. The van der Waals surface area contributed by atoms with Crippen molar-refractivity contribution in [2.24, 2.45) is 5.73 Å². The van der Waals surface area contributed by atoms with E-state index in [0.29, 0.717) is 0 Å². The Morgan fingerprint density at radius 1 is 1.11 bits per heavy atom. The number of fused-ring (bicyclic) bond motifs is 1. The van der Waals surface area contributed by atoms with E-state index in [-0.39, 0.29) is 12.1 Å². The highest BCUT2D eigenvalue weighted by atomic mass is 16.5. The van der Waals surface area contributed by atoms with Crippen molar-refractivity contribution in [2.75, 3.05) is 0 Å². The van der Waals surface area contributed by atoms with Crippen LogP contribution in [0.3, 0.4) is 0 Å². The van der Waals surface area contributed by atoms with Crippen molar-refractivity contribution in [3.63, 3.8) is 0 Å². The Kier molecular flexibility index (Phi) is 2.80. The summed E-state index contributed by atoms with van der Waals surface area (Å²) in [6.07, 6.45) is 0.898. The van der Waals surface area contributed by atoms with Crippen molar-refractivity contribution in [1.82, 2.24) is 0 Å². The van der Waals surface area contributed by atoms with Gasteiger partial charge in [-0.1, -0.05) is 48.0 Å². The molecule has 2 aromatic rings. The van der Waals surface area contributed by atoms with Gasteiger partial charge in [0.05, 0.1) is 0 Å². The van der Waals surface area contributed by atoms with Crippen LogP contribution in [0.15, 0.2) is 48.5 Å². The van der Waals surface area contributed by atoms with Gasteiger partial charge in [0.25, 0.3) is 0 Å². The minimum atomic E-state index is 0.0560. The summed E-state index contributed by atoms with van der Waals surface area (Å²) in [7, 11) is 0. The highest BCUT2D eigenvalue weighted by molar-refractivity contribution is 5.39. The summed E-state index contributed by atoms with van der Waals surface area (Å²) in [5.74, 6) is 0.919. The molecule has 2 nitrogen and oxygen atoms in total. The van der Waals surface area contributed by atoms with E-state index in [1.807, 2.05) is 24.3 Å². The van der Waals surface area contributed by atoms with Gasteiger partial charge in [-0.15, -0.1) is 0 Å². The molecule has 0 saturated carbocycles. The standard InChI is InChI=1S/C16H17NO/c1-11-5-4-6-12(9-11)16-10-14(17)13-7-2-3-8-15(13)18-16/h2-9,14,16H,10,17H2,1H3. The summed E-state index contributed by atoms with van der Waals surface area (Å²) in [5.41, 5.74) is 9.81. The van der Waals surface area contributed by atoms with Crippen molar-refractivity contribution in [1.29, 1.82) is 0 Å². The van der Waals surface area contributed by atoms with Crippen molar-refractivity contribution < 1.29 is 4.74 Å². The van der Waals surface area contributed by atoms with E-state index in [1.165, 1.54) is 11.1 Å². The normalized spacial score (nSPS) is 22.1. The predicted octanol–water partition coefficient (Wildman–Crippen LogP) is 3.52. The van der Waals surface area contributed by atoms with E-state index >= 15 is 0 Å². The summed E-state index contributed by atoms with van der Waals surface area (Å²) in [6, 6.07) is 16.5. The van der Waals surface area contributed by atoms with E-state index in [9.17, 15) is 0 Å². The van der Waals surface area contributed by atoms with Crippen LogP contribution in [-0.4, -0.2) is 0 Å². The van der Waals surface area contributed by atoms with Crippen LogP contribution in [-0.2, 0) is 0 Å². The van der Waals surface area contributed by atoms with Gasteiger partial charge in [0, 0.05) is 18.0 Å². The molecular weight excluding hydrogens is 222 g/mol. The molecule has 1 aliphatic heterocycles. The lowest BCUT2D eigenvalue weighted by molar-refractivity contribution is 0.161. The van der Waals surface area contributed by atoms with Crippen LogP contribution in [0, 0.1) is 6.92 Å². The number of ether oxygens (including phenoxy) is 1. The Hall–Kier alpha value is -1.80. The molecular formula is C16H17NO. The minimum Gasteiger partial charge on any atom is -0.485 e. The van der Waals surface area contributed by atoms with Gasteiger partial charge in [0.15, 0.2) is 0 Å². The van der Waals surface area contributed by atoms with Crippen LogP contribution >= 0.6 is 0 Å². The van der Waals surface area contributed by atoms with Crippen molar-refractivity contribution in [3.8, 4) is 5.75 Å². The molecule has 0 aliphatic carbocycles.